The van der Waals surface area contributed by atoms with Gasteiger partial charge in [0.25, 0.3) is 0 Å². The van der Waals surface area contributed by atoms with Gasteiger partial charge in [0.1, 0.15) is 0 Å². The van der Waals surface area contributed by atoms with Crippen molar-refractivity contribution in [2.75, 3.05) is 19.6 Å². The third-order valence-corrected chi connectivity index (χ3v) is 7.19. The molecular weight excluding hydrogens is 355 g/mol. The van der Waals surface area contributed by atoms with Crippen LogP contribution in [0, 0.1) is 11.3 Å². The number of rotatable bonds is 5. The van der Waals surface area contributed by atoms with E-state index in [-0.39, 0.29) is 11.3 Å². The number of halogens is 2. The number of hydrogen-bond donors (Lipinski definition) is 1. The van der Waals surface area contributed by atoms with Crippen LogP contribution in [0.3, 0.4) is 0 Å². The summed E-state index contributed by atoms with van der Waals surface area (Å²) in [6, 6.07) is 5.83. The Morgan fingerprint density at radius 3 is 2.48 bits per heavy atom. The van der Waals surface area contributed by atoms with Crippen LogP contribution in [-0.2, 0) is 11.2 Å². The molecule has 3 nitrogen and oxygen atoms in total. The maximum Gasteiger partial charge on any atom is 0.223 e. The quantitative estimate of drug-likeness (QED) is 0.802. The maximum atomic E-state index is 12.2. The van der Waals surface area contributed by atoms with Crippen LogP contribution in [0.4, 0.5) is 0 Å². The lowest BCUT2D eigenvalue weighted by Crippen LogP contribution is -2.49. The van der Waals surface area contributed by atoms with Crippen molar-refractivity contribution < 1.29 is 4.79 Å². The molecule has 2 N–H and O–H groups in total. The summed E-state index contributed by atoms with van der Waals surface area (Å²) in [6.07, 6.45) is 8.58. The van der Waals surface area contributed by atoms with Crippen LogP contribution in [0.1, 0.15) is 50.5 Å². The second-order valence-electron chi connectivity index (χ2n) is 7.66. The third kappa shape index (κ3) is 4.15. The van der Waals surface area contributed by atoms with E-state index in [0.717, 1.165) is 70.1 Å². The van der Waals surface area contributed by atoms with Crippen molar-refractivity contribution in [3.63, 3.8) is 0 Å². The van der Waals surface area contributed by atoms with Crippen molar-refractivity contribution >= 4 is 29.1 Å². The average molecular weight is 383 g/mol. The van der Waals surface area contributed by atoms with E-state index in [9.17, 15) is 4.79 Å². The lowest BCUT2D eigenvalue weighted by molar-refractivity contribution is -0.135. The Morgan fingerprint density at radius 1 is 1.16 bits per heavy atom. The highest BCUT2D eigenvalue weighted by Gasteiger charge is 2.45. The molecule has 1 heterocycles. The van der Waals surface area contributed by atoms with Gasteiger partial charge in [0.2, 0.25) is 5.91 Å². The number of carbonyl (C=O) groups excluding carboxylic acids is 1. The number of likely N-dealkylation sites (tertiary alicyclic amines) is 1. The monoisotopic (exact) mass is 382 g/mol. The Bertz CT molecular complexity index is 606. The predicted octanol–water partition coefficient (Wildman–Crippen LogP) is 4.68. The molecule has 5 heteroatoms. The van der Waals surface area contributed by atoms with Crippen molar-refractivity contribution in [2.24, 2.45) is 17.1 Å². The standard InChI is InChI=1S/C20H28Cl2N2O/c21-17-6-4-5-15(18(17)22)7-12-24-13-8-16(9-14-24)20(19(23)25)10-2-1-3-11-20/h4-6,16H,1-3,7-14H2,(H2,23,25). The zero-order chi connectivity index (χ0) is 17.9. The minimum absolute atomic E-state index is 0.0589. The normalized spacial score (nSPS) is 22.0. The number of benzene rings is 1. The van der Waals surface area contributed by atoms with Gasteiger partial charge in [0.15, 0.2) is 0 Å². The van der Waals surface area contributed by atoms with Gasteiger partial charge in [-0.15, -0.1) is 0 Å². The van der Waals surface area contributed by atoms with Gasteiger partial charge >= 0.3 is 0 Å². The van der Waals surface area contributed by atoms with Crippen LogP contribution in [-0.4, -0.2) is 30.4 Å². The molecule has 0 aromatic heterocycles. The molecule has 0 atom stereocenters. The number of piperidine rings is 1. The molecule has 0 spiro atoms. The molecule has 1 aliphatic carbocycles. The maximum absolute atomic E-state index is 12.2. The van der Waals surface area contributed by atoms with E-state index in [4.69, 9.17) is 28.9 Å². The van der Waals surface area contributed by atoms with Gasteiger partial charge in [-0.1, -0.05) is 54.6 Å². The highest BCUT2D eigenvalue weighted by molar-refractivity contribution is 6.42. The van der Waals surface area contributed by atoms with E-state index in [2.05, 4.69) is 4.90 Å². The Kier molecular flexibility index (Phi) is 6.30. The first-order valence-corrected chi connectivity index (χ1v) is 10.2. The second-order valence-corrected chi connectivity index (χ2v) is 8.45. The molecule has 0 bridgehead atoms. The highest BCUT2D eigenvalue weighted by atomic mass is 35.5. The molecular formula is C20H28Cl2N2O. The third-order valence-electron chi connectivity index (χ3n) is 6.33. The van der Waals surface area contributed by atoms with Crippen molar-refractivity contribution in [1.82, 2.24) is 4.90 Å². The highest BCUT2D eigenvalue weighted by Crippen LogP contribution is 2.46. The molecule has 2 aliphatic rings. The van der Waals surface area contributed by atoms with Crippen LogP contribution in [0.25, 0.3) is 0 Å². The van der Waals surface area contributed by atoms with Gasteiger partial charge in [-0.2, -0.15) is 0 Å². The Labute approximate surface area is 160 Å². The molecule has 1 amide bonds. The fourth-order valence-corrected chi connectivity index (χ4v) is 5.18. The molecule has 2 fully saturated rings. The number of amides is 1. The fraction of sp³-hybridized carbons (Fsp3) is 0.650. The summed E-state index contributed by atoms with van der Waals surface area (Å²) in [6.45, 7) is 3.06. The summed E-state index contributed by atoms with van der Waals surface area (Å²) in [5.74, 6) is 0.396. The van der Waals surface area contributed by atoms with Crippen LogP contribution in [0.15, 0.2) is 18.2 Å². The molecule has 1 aromatic carbocycles. The zero-order valence-electron chi connectivity index (χ0n) is 14.8. The first kappa shape index (κ1) is 19.0. The molecule has 1 aliphatic heterocycles. The van der Waals surface area contributed by atoms with Crippen LogP contribution in [0.5, 0.6) is 0 Å². The van der Waals surface area contributed by atoms with Gasteiger partial charge in [0, 0.05) is 6.54 Å². The van der Waals surface area contributed by atoms with Gasteiger partial charge in [-0.05, 0) is 62.7 Å². The molecule has 0 radical (unpaired) electrons. The van der Waals surface area contributed by atoms with Crippen LogP contribution >= 0.6 is 23.2 Å². The summed E-state index contributed by atoms with van der Waals surface area (Å²) in [5.41, 5.74) is 6.73. The molecule has 1 saturated carbocycles. The largest absolute Gasteiger partial charge is 0.369 e. The second kappa shape index (κ2) is 8.28. The number of nitrogens with two attached hydrogens (primary N) is 1. The Balaban J connectivity index is 1.55. The lowest BCUT2D eigenvalue weighted by atomic mass is 9.62. The number of nitrogens with zero attached hydrogens (tertiary/aromatic N) is 1. The molecule has 1 aromatic rings. The minimum atomic E-state index is -0.236. The van der Waals surface area contributed by atoms with Gasteiger partial charge in [-0.25, -0.2) is 0 Å². The van der Waals surface area contributed by atoms with E-state index in [0.29, 0.717) is 16.0 Å². The van der Waals surface area contributed by atoms with E-state index in [1.165, 1.54) is 6.42 Å². The summed E-state index contributed by atoms with van der Waals surface area (Å²) in [5, 5.41) is 1.30. The summed E-state index contributed by atoms with van der Waals surface area (Å²) < 4.78 is 0. The SMILES string of the molecule is NC(=O)C1(C2CCN(CCc3cccc(Cl)c3Cl)CC2)CCCCC1. The van der Waals surface area contributed by atoms with Gasteiger partial charge in [-0.3, -0.25) is 4.79 Å². The molecule has 25 heavy (non-hydrogen) atoms. The van der Waals surface area contributed by atoms with E-state index >= 15 is 0 Å². The van der Waals surface area contributed by atoms with Crippen molar-refractivity contribution in [2.45, 2.75) is 51.4 Å². The number of primary amides is 1. The molecule has 138 valence electrons. The fourth-order valence-electron chi connectivity index (χ4n) is 4.77. The number of hydrogen-bond acceptors (Lipinski definition) is 2. The van der Waals surface area contributed by atoms with Crippen molar-refractivity contribution in [1.29, 1.82) is 0 Å². The van der Waals surface area contributed by atoms with Crippen LogP contribution in [0.2, 0.25) is 10.0 Å². The van der Waals surface area contributed by atoms with Gasteiger partial charge < -0.3 is 10.6 Å². The summed E-state index contributed by atoms with van der Waals surface area (Å²) in [4.78, 5) is 14.7. The molecule has 1 saturated heterocycles. The Hall–Kier alpha value is -0.770. The molecule has 3 rings (SSSR count). The average Bonchev–Trinajstić information content (AvgIpc) is 2.64. The Morgan fingerprint density at radius 2 is 1.84 bits per heavy atom. The summed E-state index contributed by atoms with van der Waals surface area (Å²) in [7, 11) is 0. The van der Waals surface area contributed by atoms with Crippen LogP contribution < -0.4 is 5.73 Å². The summed E-state index contributed by atoms with van der Waals surface area (Å²) >= 11 is 12.4. The minimum Gasteiger partial charge on any atom is -0.369 e. The van der Waals surface area contributed by atoms with E-state index in [1.54, 1.807) is 0 Å². The van der Waals surface area contributed by atoms with Crippen molar-refractivity contribution in [3.05, 3.63) is 33.8 Å². The smallest absolute Gasteiger partial charge is 0.223 e. The van der Waals surface area contributed by atoms with E-state index < -0.39 is 0 Å². The predicted molar refractivity (Wildman–Crippen MR) is 104 cm³/mol. The van der Waals surface area contributed by atoms with Crippen molar-refractivity contribution in [3.8, 4) is 0 Å². The lowest BCUT2D eigenvalue weighted by Gasteiger charge is -2.45. The van der Waals surface area contributed by atoms with Gasteiger partial charge in [0.05, 0.1) is 15.5 Å². The molecule has 0 unspecified atom stereocenters. The van der Waals surface area contributed by atoms with E-state index in [1.807, 2.05) is 18.2 Å². The zero-order valence-corrected chi connectivity index (χ0v) is 16.3. The first-order valence-electron chi connectivity index (χ1n) is 9.48. The topological polar surface area (TPSA) is 46.3 Å². The number of carbonyl (C=O) groups is 1. The first-order chi connectivity index (χ1) is 12.0.